The molecule has 1 aliphatic rings. The van der Waals surface area contributed by atoms with Gasteiger partial charge in [0, 0.05) is 19.1 Å². The standard InChI is InChI=1S/C15H23FN2/c1-2-12-5-4-8-18(10-12)11-15(17)13-6-3-7-14(16)9-13/h3,6-7,9,12,15H,2,4-5,8,10-11,17H2,1H3. The second-order valence-corrected chi connectivity index (χ2v) is 5.34. The van der Waals surface area contributed by atoms with Crippen LogP contribution in [0.3, 0.4) is 0 Å². The lowest BCUT2D eigenvalue weighted by Gasteiger charge is -2.33. The first-order chi connectivity index (χ1) is 8.69. The third-order valence-electron chi connectivity index (χ3n) is 3.91. The summed E-state index contributed by atoms with van der Waals surface area (Å²) in [6.07, 6.45) is 3.84. The Morgan fingerprint density at radius 1 is 1.50 bits per heavy atom. The molecule has 0 aromatic heterocycles. The second kappa shape index (κ2) is 6.30. The van der Waals surface area contributed by atoms with Crippen LogP contribution < -0.4 is 5.73 Å². The normalized spacial score (nSPS) is 22.9. The van der Waals surface area contributed by atoms with Crippen molar-refractivity contribution in [2.45, 2.75) is 32.2 Å². The fourth-order valence-electron chi connectivity index (χ4n) is 2.77. The number of rotatable bonds is 4. The average Bonchev–Trinajstić information content (AvgIpc) is 2.39. The molecule has 1 aromatic carbocycles. The predicted octanol–water partition coefficient (Wildman–Crippen LogP) is 2.95. The highest BCUT2D eigenvalue weighted by atomic mass is 19.1. The Balaban J connectivity index is 1.92. The largest absolute Gasteiger partial charge is 0.323 e. The zero-order valence-electron chi connectivity index (χ0n) is 11.1. The van der Waals surface area contributed by atoms with Crippen molar-refractivity contribution in [3.63, 3.8) is 0 Å². The number of hydrogen-bond acceptors (Lipinski definition) is 2. The number of halogens is 1. The van der Waals surface area contributed by atoms with Gasteiger partial charge in [-0.15, -0.1) is 0 Å². The third-order valence-corrected chi connectivity index (χ3v) is 3.91. The molecule has 0 amide bonds. The summed E-state index contributed by atoms with van der Waals surface area (Å²) in [6.45, 7) is 5.35. The molecule has 100 valence electrons. The van der Waals surface area contributed by atoms with Crippen LogP contribution in [0.5, 0.6) is 0 Å². The van der Waals surface area contributed by atoms with Crippen LogP contribution in [0.15, 0.2) is 24.3 Å². The van der Waals surface area contributed by atoms with Crippen LogP contribution >= 0.6 is 0 Å². The molecule has 1 heterocycles. The van der Waals surface area contributed by atoms with Crippen molar-refractivity contribution in [1.82, 2.24) is 4.90 Å². The van der Waals surface area contributed by atoms with Gasteiger partial charge >= 0.3 is 0 Å². The van der Waals surface area contributed by atoms with Crippen molar-refractivity contribution in [2.24, 2.45) is 11.7 Å². The predicted molar refractivity (Wildman–Crippen MR) is 72.8 cm³/mol. The van der Waals surface area contributed by atoms with Gasteiger partial charge in [0.15, 0.2) is 0 Å². The first kappa shape index (κ1) is 13.5. The monoisotopic (exact) mass is 250 g/mol. The van der Waals surface area contributed by atoms with Crippen molar-refractivity contribution < 1.29 is 4.39 Å². The zero-order valence-corrected chi connectivity index (χ0v) is 11.1. The van der Waals surface area contributed by atoms with Crippen LogP contribution in [0.25, 0.3) is 0 Å². The Hall–Kier alpha value is -0.930. The summed E-state index contributed by atoms with van der Waals surface area (Å²) in [4.78, 5) is 2.42. The molecule has 1 aliphatic heterocycles. The van der Waals surface area contributed by atoms with Gasteiger partial charge in [0.25, 0.3) is 0 Å². The van der Waals surface area contributed by atoms with Gasteiger partial charge in [-0.05, 0) is 43.0 Å². The van der Waals surface area contributed by atoms with E-state index in [-0.39, 0.29) is 11.9 Å². The summed E-state index contributed by atoms with van der Waals surface area (Å²) in [5.41, 5.74) is 7.07. The molecule has 0 spiro atoms. The van der Waals surface area contributed by atoms with E-state index >= 15 is 0 Å². The van der Waals surface area contributed by atoms with Crippen LogP contribution in [0.2, 0.25) is 0 Å². The molecule has 2 unspecified atom stereocenters. The molecule has 0 bridgehead atoms. The van der Waals surface area contributed by atoms with Crippen LogP contribution in [-0.2, 0) is 0 Å². The van der Waals surface area contributed by atoms with Gasteiger partial charge in [-0.1, -0.05) is 25.5 Å². The maximum Gasteiger partial charge on any atom is 0.123 e. The highest BCUT2D eigenvalue weighted by molar-refractivity contribution is 5.20. The molecule has 0 aliphatic carbocycles. The summed E-state index contributed by atoms with van der Waals surface area (Å²) in [6, 6.07) is 6.57. The van der Waals surface area contributed by atoms with Crippen LogP contribution in [-0.4, -0.2) is 24.5 Å². The maximum absolute atomic E-state index is 13.2. The lowest BCUT2D eigenvalue weighted by atomic mass is 9.95. The highest BCUT2D eigenvalue weighted by Crippen LogP contribution is 2.21. The highest BCUT2D eigenvalue weighted by Gasteiger charge is 2.20. The van der Waals surface area contributed by atoms with Crippen LogP contribution in [0, 0.1) is 11.7 Å². The molecule has 1 saturated heterocycles. The summed E-state index contributed by atoms with van der Waals surface area (Å²) in [5, 5.41) is 0. The molecule has 0 saturated carbocycles. The molecule has 2 atom stereocenters. The lowest BCUT2D eigenvalue weighted by molar-refractivity contribution is 0.163. The van der Waals surface area contributed by atoms with Gasteiger partial charge in [0.2, 0.25) is 0 Å². The summed E-state index contributed by atoms with van der Waals surface area (Å²) < 4.78 is 13.2. The Morgan fingerprint density at radius 2 is 2.33 bits per heavy atom. The fraction of sp³-hybridized carbons (Fsp3) is 0.600. The molecule has 2 rings (SSSR count). The lowest BCUT2D eigenvalue weighted by Crippen LogP contribution is -2.39. The van der Waals surface area contributed by atoms with Crippen LogP contribution in [0.4, 0.5) is 4.39 Å². The molecular formula is C15H23FN2. The number of piperidine rings is 1. The first-order valence-corrected chi connectivity index (χ1v) is 6.92. The average molecular weight is 250 g/mol. The quantitative estimate of drug-likeness (QED) is 0.890. The van der Waals surface area contributed by atoms with Gasteiger partial charge in [0.05, 0.1) is 0 Å². The van der Waals surface area contributed by atoms with Gasteiger partial charge < -0.3 is 10.6 Å². The molecule has 2 nitrogen and oxygen atoms in total. The Kier molecular flexibility index (Phi) is 4.72. The van der Waals surface area contributed by atoms with Crippen molar-refractivity contribution in [3.05, 3.63) is 35.6 Å². The van der Waals surface area contributed by atoms with Gasteiger partial charge in [-0.3, -0.25) is 0 Å². The third kappa shape index (κ3) is 3.53. The van der Waals surface area contributed by atoms with E-state index in [1.165, 1.54) is 25.3 Å². The van der Waals surface area contributed by atoms with Crippen molar-refractivity contribution in [2.75, 3.05) is 19.6 Å². The minimum atomic E-state index is -0.201. The van der Waals surface area contributed by atoms with E-state index in [1.807, 2.05) is 6.07 Å². The van der Waals surface area contributed by atoms with Gasteiger partial charge in [0.1, 0.15) is 5.82 Å². The molecule has 2 N–H and O–H groups in total. The minimum Gasteiger partial charge on any atom is -0.323 e. The minimum absolute atomic E-state index is 0.0868. The van der Waals surface area contributed by atoms with Gasteiger partial charge in [-0.25, -0.2) is 4.39 Å². The number of hydrogen-bond donors (Lipinski definition) is 1. The van der Waals surface area contributed by atoms with E-state index in [1.54, 1.807) is 12.1 Å². The van der Waals surface area contributed by atoms with Crippen LogP contribution in [0.1, 0.15) is 37.8 Å². The van der Waals surface area contributed by atoms with Crippen molar-refractivity contribution in [1.29, 1.82) is 0 Å². The maximum atomic E-state index is 13.2. The molecule has 0 radical (unpaired) electrons. The molecule has 1 fully saturated rings. The zero-order chi connectivity index (χ0) is 13.0. The van der Waals surface area contributed by atoms with E-state index < -0.39 is 0 Å². The Labute approximate surface area is 109 Å². The van der Waals surface area contributed by atoms with Crippen molar-refractivity contribution >= 4 is 0 Å². The van der Waals surface area contributed by atoms with E-state index in [2.05, 4.69) is 11.8 Å². The summed E-state index contributed by atoms with van der Waals surface area (Å²) in [7, 11) is 0. The number of benzene rings is 1. The molecule has 3 heteroatoms. The summed E-state index contributed by atoms with van der Waals surface area (Å²) >= 11 is 0. The Bertz CT molecular complexity index is 381. The number of nitrogens with two attached hydrogens (primary N) is 1. The fourth-order valence-corrected chi connectivity index (χ4v) is 2.77. The summed E-state index contributed by atoms with van der Waals surface area (Å²) in [5.74, 6) is 0.603. The molecule has 1 aromatic rings. The molecular weight excluding hydrogens is 227 g/mol. The second-order valence-electron chi connectivity index (χ2n) is 5.34. The van der Waals surface area contributed by atoms with E-state index in [9.17, 15) is 4.39 Å². The van der Waals surface area contributed by atoms with Gasteiger partial charge in [-0.2, -0.15) is 0 Å². The topological polar surface area (TPSA) is 29.3 Å². The first-order valence-electron chi connectivity index (χ1n) is 6.92. The number of likely N-dealkylation sites (tertiary alicyclic amines) is 1. The van der Waals surface area contributed by atoms with E-state index in [4.69, 9.17) is 5.73 Å². The Morgan fingerprint density at radius 3 is 3.06 bits per heavy atom. The number of nitrogens with zero attached hydrogens (tertiary/aromatic N) is 1. The smallest absolute Gasteiger partial charge is 0.123 e. The SMILES string of the molecule is CCC1CCCN(CC(N)c2cccc(F)c2)C1. The van der Waals surface area contributed by atoms with E-state index in [0.717, 1.165) is 31.1 Å². The van der Waals surface area contributed by atoms with Crippen molar-refractivity contribution in [3.8, 4) is 0 Å². The van der Waals surface area contributed by atoms with E-state index in [0.29, 0.717) is 0 Å². The molecule has 18 heavy (non-hydrogen) atoms.